The third kappa shape index (κ3) is 7.61. The minimum Gasteiger partial charge on any atom is -0.347 e. The van der Waals surface area contributed by atoms with E-state index in [0.717, 1.165) is 30.5 Å². The zero-order chi connectivity index (χ0) is 45.6. The lowest BCUT2D eigenvalue weighted by atomic mass is 9.94. The van der Waals surface area contributed by atoms with Crippen LogP contribution in [0.25, 0.3) is 42.9 Å². The van der Waals surface area contributed by atoms with E-state index in [-0.39, 0.29) is 29.1 Å². The number of nitrogens with one attached hydrogen (secondary N) is 2. The first-order valence-corrected chi connectivity index (χ1v) is 21.9. The van der Waals surface area contributed by atoms with Crippen molar-refractivity contribution in [1.29, 1.82) is 0 Å². The fourth-order valence-corrected chi connectivity index (χ4v) is 9.62. The maximum Gasteiger partial charge on any atom is 0.435 e. The molecule has 0 saturated carbocycles. The second-order valence-electron chi connectivity index (χ2n) is 15.5. The van der Waals surface area contributed by atoms with Gasteiger partial charge in [-0.25, -0.2) is 37.1 Å². The first-order valence-electron chi connectivity index (χ1n) is 19.1. The van der Waals surface area contributed by atoms with Gasteiger partial charge in [-0.05, 0) is 48.4 Å². The molecule has 2 aliphatic carbocycles. The zero-order valence-electron chi connectivity index (χ0n) is 33.7. The molecule has 330 valence electrons. The molecule has 5 heterocycles. The number of anilines is 2. The van der Waals surface area contributed by atoms with Gasteiger partial charge in [0.2, 0.25) is 21.9 Å². The van der Waals surface area contributed by atoms with Crippen LogP contribution in [0, 0.1) is 17.6 Å². The number of aryl methyl sites for hydroxylation is 1. The number of aromatic nitrogens is 8. The Morgan fingerprint density at radius 3 is 2.41 bits per heavy atom. The normalized spacial score (nSPS) is 17.0. The number of alkyl halides is 5. The molecule has 14 nitrogen and oxygen atoms in total. The zero-order valence-corrected chi connectivity index (χ0v) is 35.3. The summed E-state index contributed by atoms with van der Waals surface area (Å²) in [5, 5.41) is 11.4. The van der Waals surface area contributed by atoms with Crippen LogP contribution in [0.15, 0.2) is 72.7 Å². The third-order valence-corrected chi connectivity index (χ3v) is 12.3. The lowest BCUT2D eigenvalue weighted by molar-refractivity contribution is -0.142. The van der Waals surface area contributed by atoms with E-state index in [2.05, 4.69) is 35.9 Å². The van der Waals surface area contributed by atoms with Crippen molar-refractivity contribution in [3.63, 3.8) is 0 Å². The molecule has 0 aliphatic heterocycles. The number of hydrogen-bond donors (Lipinski definition) is 2. The molecule has 0 bridgehead atoms. The molecule has 0 spiro atoms. The van der Waals surface area contributed by atoms with Crippen molar-refractivity contribution in [3.8, 4) is 21.7 Å². The summed E-state index contributed by atoms with van der Waals surface area (Å²) in [5.41, 5.74) is 0.880. The Morgan fingerprint density at radius 1 is 1.02 bits per heavy atom. The summed E-state index contributed by atoms with van der Waals surface area (Å²) in [5.74, 6) is -9.49. The summed E-state index contributed by atoms with van der Waals surface area (Å²) in [7, 11) is 1.30. The molecule has 5 aromatic heterocycles. The summed E-state index contributed by atoms with van der Waals surface area (Å²) in [6.07, 6.45) is 0.658. The quantitative estimate of drug-likeness (QED) is 0.0997. The van der Waals surface area contributed by atoms with Gasteiger partial charge >= 0.3 is 6.18 Å². The minimum atomic E-state index is -5.15. The number of rotatable bonds is 11. The lowest BCUT2D eigenvalue weighted by Crippen LogP contribution is -2.35. The maximum atomic E-state index is 15.9. The van der Waals surface area contributed by atoms with Gasteiger partial charge in [-0.2, -0.15) is 32.1 Å². The van der Waals surface area contributed by atoms with Crippen LogP contribution in [-0.2, 0) is 46.9 Å². The number of allylic oxidation sites excluding steroid dienone is 1. The van der Waals surface area contributed by atoms with E-state index in [4.69, 9.17) is 9.97 Å². The smallest absolute Gasteiger partial charge is 0.347 e. The van der Waals surface area contributed by atoms with Crippen molar-refractivity contribution >= 4 is 60.3 Å². The average molecular weight is 924 g/mol. The fourth-order valence-electron chi connectivity index (χ4n) is 8.19. The van der Waals surface area contributed by atoms with E-state index in [1.807, 2.05) is 0 Å². The number of sulfonamides is 1. The molecule has 0 radical (unpaired) electrons. The molecule has 0 unspecified atom stereocenters. The van der Waals surface area contributed by atoms with Gasteiger partial charge in [0.15, 0.2) is 17.2 Å². The van der Waals surface area contributed by atoms with Gasteiger partial charge < -0.3 is 10.2 Å². The predicted molar refractivity (Wildman–Crippen MR) is 222 cm³/mol. The second kappa shape index (κ2) is 15.2. The number of thiazole rings is 1. The number of nitrogens with zero attached hydrogens (tertiary/aromatic N) is 9. The Bertz CT molecular complexity index is 3210. The summed E-state index contributed by atoms with van der Waals surface area (Å²) in [6, 6.07) is 7.89. The highest BCUT2D eigenvalue weighted by Gasteiger charge is 2.60. The van der Waals surface area contributed by atoms with Crippen molar-refractivity contribution in [3.05, 3.63) is 113 Å². The first-order chi connectivity index (χ1) is 30.2. The molecule has 64 heavy (non-hydrogen) atoms. The Morgan fingerprint density at radius 2 is 1.73 bits per heavy atom. The van der Waals surface area contributed by atoms with E-state index in [1.165, 1.54) is 16.0 Å². The topological polar surface area (TPSA) is 166 Å². The van der Waals surface area contributed by atoms with E-state index in [0.29, 0.717) is 54.0 Å². The predicted octanol–water partition coefficient (Wildman–Crippen LogP) is 7.26. The van der Waals surface area contributed by atoms with Gasteiger partial charge in [0.1, 0.15) is 28.9 Å². The number of para-hydroxylation sites is 1. The Hall–Kier alpha value is -6.71. The number of hydrogen-bond acceptors (Lipinski definition) is 11. The van der Waals surface area contributed by atoms with Crippen molar-refractivity contribution in [2.75, 3.05) is 30.0 Å². The van der Waals surface area contributed by atoms with Crippen molar-refractivity contribution < 1.29 is 43.9 Å². The third-order valence-electron chi connectivity index (χ3n) is 10.7. The number of carbonyl (C=O) groups excluding carboxylic acids is 1. The molecule has 2 aliphatic rings. The number of fused-ring (bicyclic) bond motifs is 5. The Balaban J connectivity index is 1.21. The van der Waals surface area contributed by atoms with Gasteiger partial charge in [-0.3, -0.25) is 18.9 Å². The summed E-state index contributed by atoms with van der Waals surface area (Å²) < 4.78 is 134. The van der Waals surface area contributed by atoms with Crippen LogP contribution in [0.3, 0.4) is 0 Å². The molecule has 0 fully saturated rings. The molecule has 7 aromatic rings. The molecule has 2 aromatic carbocycles. The molecule has 2 N–H and O–H groups in total. The van der Waals surface area contributed by atoms with E-state index in [1.54, 1.807) is 62.7 Å². The van der Waals surface area contributed by atoms with Gasteiger partial charge in [-0.15, -0.1) is 17.1 Å². The van der Waals surface area contributed by atoms with Crippen molar-refractivity contribution in [2.24, 2.45) is 13.0 Å². The SMILES string of the molecule is CN(C)c1ncc(-c2nc3nc([C@H](Cc4cc(F)cc(F)c4)NC(=O)Cn4nc(C(F)(F)F)c5c4C(F)(F)[C@@H]4C=C=C[C@H]54)c(-c4cccc5c(NS(C)(=O)=O)nn(C)c45)cc3s2)cn1. The van der Waals surface area contributed by atoms with Gasteiger partial charge in [0.05, 0.1) is 34.1 Å². The molecular weight excluding hydrogens is 892 g/mol. The van der Waals surface area contributed by atoms with Gasteiger partial charge in [0.25, 0.3) is 5.92 Å². The van der Waals surface area contributed by atoms with Crippen molar-refractivity contribution in [1.82, 2.24) is 44.8 Å². The first kappa shape index (κ1) is 42.6. The van der Waals surface area contributed by atoms with Crippen LogP contribution < -0.4 is 14.9 Å². The average Bonchev–Trinajstić information content (AvgIpc) is 4.02. The van der Waals surface area contributed by atoms with Gasteiger partial charge in [0, 0.05) is 73.2 Å². The Kier molecular flexibility index (Phi) is 10.1. The van der Waals surface area contributed by atoms with Crippen molar-refractivity contribution in [2.45, 2.75) is 37.0 Å². The highest BCUT2D eigenvalue weighted by atomic mass is 32.2. The van der Waals surface area contributed by atoms with Crippen LogP contribution >= 0.6 is 11.3 Å². The minimum absolute atomic E-state index is 0.00400. The largest absolute Gasteiger partial charge is 0.435 e. The lowest BCUT2D eigenvalue weighted by Gasteiger charge is -2.23. The van der Waals surface area contributed by atoms with E-state index >= 15 is 8.78 Å². The fraction of sp³-hybridized carbons (Fsp3) is 0.268. The van der Waals surface area contributed by atoms with Crippen LogP contribution in [0.5, 0.6) is 0 Å². The summed E-state index contributed by atoms with van der Waals surface area (Å²) >= 11 is 1.21. The van der Waals surface area contributed by atoms with Crippen LogP contribution in [0.2, 0.25) is 0 Å². The number of carbonyl (C=O) groups is 1. The maximum absolute atomic E-state index is 15.9. The highest BCUT2D eigenvalue weighted by Crippen LogP contribution is 2.58. The van der Waals surface area contributed by atoms with E-state index in [9.17, 15) is 35.2 Å². The number of pyridine rings is 1. The Labute approximate surface area is 362 Å². The summed E-state index contributed by atoms with van der Waals surface area (Å²) in [4.78, 5) is 34.3. The van der Waals surface area contributed by atoms with Gasteiger partial charge in [-0.1, -0.05) is 12.1 Å². The number of halogens is 7. The van der Waals surface area contributed by atoms with E-state index < -0.39 is 81.0 Å². The van der Waals surface area contributed by atoms with Crippen LogP contribution in [-0.4, -0.2) is 74.2 Å². The molecule has 23 heteroatoms. The van der Waals surface area contributed by atoms with Crippen LogP contribution in [0.1, 0.15) is 40.2 Å². The molecule has 1 amide bonds. The standard InChI is InChI=1S/C41H32F7N11O3S2/c1-57(2)39-49-16-20(17-50-39)38-53-37-29(63-38)15-26(23-7-5-9-25-33(23)58(3)55-36(25)56-64(4,61)62)32(52-37)28(13-19-11-21(42)14-22(43)12-19)51-30(60)18-59-35-31(34(54-59)41(46,47)48)24-8-6-10-27(24)40(35,44)45/h5,7-12,14-17,24,27-28H,13,18H2,1-4H3,(H,51,60)(H,55,56)/t24-,27+,28-/m0/s1. The van der Waals surface area contributed by atoms with Crippen LogP contribution in [0.4, 0.5) is 42.5 Å². The second-order valence-corrected chi connectivity index (χ2v) is 18.3. The number of amides is 1. The highest BCUT2D eigenvalue weighted by molar-refractivity contribution is 7.92. The molecular formula is C41H32F7N11O3S2. The molecule has 9 rings (SSSR count). The monoisotopic (exact) mass is 923 g/mol. The molecule has 3 atom stereocenters. The molecule has 0 saturated heterocycles. The number of benzene rings is 2. The summed E-state index contributed by atoms with van der Waals surface area (Å²) in [6.45, 7) is -1.12.